The van der Waals surface area contributed by atoms with E-state index in [-0.39, 0.29) is 24.0 Å². The first kappa shape index (κ1) is 15.8. The van der Waals surface area contributed by atoms with E-state index in [4.69, 9.17) is 0 Å². The van der Waals surface area contributed by atoms with E-state index in [1.165, 1.54) is 6.92 Å². The fraction of sp³-hybridized carbons (Fsp3) is 0.158. The molecule has 122 valence electrons. The number of carbonyl (C=O) groups is 2. The Bertz CT molecular complexity index is 895. The van der Waals surface area contributed by atoms with Crippen LogP contribution in [-0.4, -0.2) is 21.4 Å². The Morgan fingerprint density at radius 2 is 1.79 bits per heavy atom. The molecule has 5 nitrogen and oxygen atoms in total. The van der Waals surface area contributed by atoms with E-state index in [2.05, 4.69) is 5.32 Å². The van der Waals surface area contributed by atoms with Crippen molar-refractivity contribution in [2.75, 3.05) is 0 Å². The van der Waals surface area contributed by atoms with Gasteiger partial charge in [0.15, 0.2) is 5.78 Å². The summed E-state index contributed by atoms with van der Waals surface area (Å²) in [5, 5.41) is 13.0. The van der Waals surface area contributed by atoms with E-state index in [0.717, 1.165) is 16.5 Å². The summed E-state index contributed by atoms with van der Waals surface area (Å²) in [7, 11) is 0. The molecular weight excluding hydrogens is 304 g/mol. The van der Waals surface area contributed by atoms with Crippen molar-refractivity contribution in [3.63, 3.8) is 0 Å². The van der Waals surface area contributed by atoms with Crippen LogP contribution in [0.25, 0.3) is 10.9 Å². The van der Waals surface area contributed by atoms with Gasteiger partial charge in [-0.2, -0.15) is 0 Å². The van der Waals surface area contributed by atoms with Gasteiger partial charge in [0.2, 0.25) is 5.91 Å². The van der Waals surface area contributed by atoms with E-state index in [1.807, 2.05) is 24.3 Å². The molecule has 24 heavy (non-hydrogen) atoms. The summed E-state index contributed by atoms with van der Waals surface area (Å²) in [5.41, 5.74) is 2.39. The molecule has 0 spiro atoms. The second-order valence-corrected chi connectivity index (χ2v) is 5.69. The molecule has 3 rings (SSSR count). The van der Waals surface area contributed by atoms with Crippen LogP contribution in [0.2, 0.25) is 0 Å². The van der Waals surface area contributed by atoms with Gasteiger partial charge in [-0.1, -0.05) is 30.3 Å². The van der Waals surface area contributed by atoms with Crippen LogP contribution in [-0.2, 0) is 17.9 Å². The first-order valence-electron chi connectivity index (χ1n) is 7.68. The number of ketones is 1. The lowest BCUT2D eigenvalue weighted by Gasteiger charge is -2.07. The minimum absolute atomic E-state index is 0.0190. The van der Waals surface area contributed by atoms with E-state index in [9.17, 15) is 14.7 Å². The third-order valence-electron chi connectivity index (χ3n) is 3.91. The Kier molecular flexibility index (Phi) is 4.33. The lowest BCUT2D eigenvalue weighted by atomic mass is 10.1. The molecule has 0 radical (unpaired) electrons. The van der Waals surface area contributed by atoms with Crippen molar-refractivity contribution in [2.24, 2.45) is 0 Å². The molecule has 1 heterocycles. The maximum absolute atomic E-state index is 12.2. The molecule has 0 saturated carbocycles. The Morgan fingerprint density at radius 1 is 1.08 bits per heavy atom. The van der Waals surface area contributed by atoms with E-state index < -0.39 is 0 Å². The van der Waals surface area contributed by atoms with Gasteiger partial charge in [0.25, 0.3) is 0 Å². The molecule has 5 heteroatoms. The van der Waals surface area contributed by atoms with Gasteiger partial charge in [0.05, 0.1) is 0 Å². The third-order valence-corrected chi connectivity index (χ3v) is 3.91. The van der Waals surface area contributed by atoms with Gasteiger partial charge in [0, 0.05) is 29.2 Å². The van der Waals surface area contributed by atoms with Crippen LogP contribution >= 0.6 is 0 Å². The zero-order chi connectivity index (χ0) is 17.1. The number of fused-ring (bicyclic) bond motifs is 1. The van der Waals surface area contributed by atoms with Crippen molar-refractivity contribution < 1.29 is 14.7 Å². The molecule has 0 atom stereocenters. The molecule has 3 aromatic rings. The molecule has 2 aromatic carbocycles. The number of aromatic hydroxyl groups is 1. The van der Waals surface area contributed by atoms with Crippen LogP contribution in [0.3, 0.4) is 0 Å². The van der Waals surface area contributed by atoms with Gasteiger partial charge in [-0.05, 0) is 30.7 Å². The quantitative estimate of drug-likeness (QED) is 0.710. The van der Waals surface area contributed by atoms with Gasteiger partial charge in [0.1, 0.15) is 12.3 Å². The highest BCUT2D eigenvalue weighted by Crippen LogP contribution is 2.21. The maximum atomic E-state index is 12.2. The number of nitrogens with one attached hydrogen (secondary N) is 1. The molecule has 0 saturated heterocycles. The smallest absolute Gasteiger partial charge is 0.240 e. The molecule has 2 N–H and O–H groups in total. The normalized spacial score (nSPS) is 10.7. The molecule has 0 unspecified atom stereocenters. The number of hydrogen-bond acceptors (Lipinski definition) is 3. The zero-order valence-electron chi connectivity index (χ0n) is 13.3. The highest BCUT2D eigenvalue weighted by molar-refractivity contribution is 6.07. The molecule has 0 aliphatic heterocycles. The number of nitrogens with zero attached hydrogens (tertiary/aromatic N) is 1. The van der Waals surface area contributed by atoms with Crippen molar-refractivity contribution in [3.05, 3.63) is 65.9 Å². The van der Waals surface area contributed by atoms with Gasteiger partial charge >= 0.3 is 0 Å². The number of phenolic OH excluding ortho intramolecular Hbond substituents is 1. The average Bonchev–Trinajstić information content (AvgIpc) is 2.93. The second-order valence-electron chi connectivity index (χ2n) is 5.69. The summed E-state index contributed by atoms with van der Waals surface area (Å²) in [5.74, 6) is 0.0361. The van der Waals surface area contributed by atoms with Gasteiger partial charge < -0.3 is 15.0 Å². The average molecular weight is 322 g/mol. The van der Waals surface area contributed by atoms with Crippen LogP contribution < -0.4 is 5.32 Å². The number of phenols is 1. The van der Waals surface area contributed by atoms with Crippen LogP contribution in [0.15, 0.2) is 54.7 Å². The lowest BCUT2D eigenvalue weighted by molar-refractivity contribution is -0.121. The van der Waals surface area contributed by atoms with Crippen LogP contribution in [0.1, 0.15) is 22.8 Å². The number of hydrogen-bond donors (Lipinski definition) is 2. The maximum Gasteiger partial charge on any atom is 0.240 e. The van der Waals surface area contributed by atoms with Gasteiger partial charge in [-0.25, -0.2) is 0 Å². The van der Waals surface area contributed by atoms with Crippen molar-refractivity contribution in [1.82, 2.24) is 9.88 Å². The van der Waals surface area contributed by atoms with Crippen LogP contribution in [0.5, 0.6) is 5.75 Å². The van der Waals surface area contributed by atoms with Crippen LogP contribution in [0, 0.1) is 0 Å². The van der Waals surface area contributed by atoms with Gasteiger partial charge in [-0.15, -0.1) is 0 Å². The predicted molar refractivity (Wildman–Crippen MR) is 91.9 cm³/mol. The Balaban J connectivity index is 1.73. The Hall–Kier alpha value is -3.08. The Morgan fingerprint density at radius 3 is 2.50 bits per heavy atom. The summed E-state index contributed by atoms with van der Waals surface area (Å²) >= 11 is 0. The van der Waals surface area contributed by atoms with Crippen molar-refractivity contribution in [3.8, 4) is 5.75 Å². The van der Waals surface area contributed by atoms with E-state index in [0.29, 0.717) is 12.1 Å². The standard InChI is InChI=1S/C19H18N2O3/c1-13(22)17-11-21(18-5-3-2-4-16(17)18)12-19(24)20-10-14-6-8-15(23)9-7-14/h2-9,11,23H,10,12H2,1H3,(H,20,24). The van der Waals surface area contributed by atoms with E-state index >= 15 is 0 Å². The fourth-order valence-corrected chi connectivity index (χ4v) is 2.68. The number of aromatic nitrogens is 1. The van der Waals surface area contributed by atoms with Gasteiger partial charge in [-0.3, -0.25) is 9.59 Å². The molecule has 1 aromatic heterocycles. The molecule has 0 aliphatic rings. The Labute approximate surface area is 139 Å². The summed E-state index contributed by atoms with van der Waals surface area (Å²) in [6, 6.07) is 14.2. The first-order valence-corrected chi connectivity index (χ1v) is 7.68. The van der Waals surface area contributed by atoms with Crippen molar-refractivity contribution in [1.29, 1.82) is 0 Å². The zero-order valence-corrected chi connectivity index (χ0v) is 13.3. The summed E-state index contributed by atoms with van der Waals surface area (Å²) < 4.78 is 1.79. The highest BCUT2D eigenvalue weighted by atomic mass is 16.3. The largest absolute Gasteiger partial charge is 0.508 e. The topological polar surface area (TPSA) is 71.3 Å². The summed E-state index contributed by atoms with van der Waals surface area (Å²) in [6.07, 6.45) is 1.73. The van der Waals surface area contributed by atoms with Crippen molar-refractivity contribution >= 4 is 22.6 Å². The number of para-hydroxylation sites is 1. The van der Waals surface area contributed by atoms with Crippen LogP contribution in [0.4, 0.5) is 0 Å². The first-order chi connectivity index (χ1) is 11.5. The molecule has 0 bridgehead atoms. The monoisotopic (exact) mass is 322 g/mol. The molecule has 1 amide bonds. The fourth-order valence-electron chi connectivity index (χ4n) is 2.68. The molecule has 0 fully saturated rings. The summed E-state index contributed by atoms with van der Waals surface area (Å²) in [6.45, 7) is 2.06. The van der Waals surface area contributed by atoms with Crippen molar-refractivity contribution in [2.45, 2.75) is 20.0 Å². The number of Topliss-reactive ketones (excluding diaryl/α,β-unsaturated/α-hetero) is 1. The number of rotatable bonds is 5. The molecule has 0 aliphatic carbocycles. The highest BCUT2D eigenvalue weighted by Gasteiger charge is 2.13. The minimum Gasteiger partial charge on any atom is -0.508 e. The number of amides is 1. The lowest BCUT2D eigenvalue weighted by Crippen LogP contribution is -2.26. The summed E-state index contributed by atoms with van der Waals surface area (Å²) in [4.78, 5) is 24.0. The SMILES string of the molecule is CC(=O)c1cn(CC(=O)NCc2ccc(O)cc2)c2ccccc12. The minimum atomic E-state index is -0.140. The third kappa shape index (κ3) is 3.30. The number of benzene rings is 2. The molecular formula is C19H18N2O3. The predicted octanol–water partition coefficient (Wildman–Crippen LogP) is 2.87. The van der Waals surface area contributed by atoms with E-state index in [1.54, 1.807) is 35.0 Å². The second kappa shape index (κ2) is 6.58. The number of carbonyl (C=O) groups excluding carboxylic acids is 2.